The van der Waals surface area contributed by atoms with Crippen molar-refractivity contribution in [3.63, 3.8) is 0 Å². The highest BCUT2D eigenvalue weighted by Crippen LogP contribution is 2.42. The normalized spacial score (nSPS) is 10.5. The molecule has 0 aliphatic rings. The average molecular weight is 428 g/mol. The molecule has 1 heterocycles. The van der Waals surface area contributed by atoms with Gasteiger partial charge in [0, 0.05) is 5.56 Å². The largest absolute Gasteiger partial charge is 0.489 e. The number of aromatic nitrogens is 1. The molecule has 0 bridgehead atoms. The number of benzene rings is 3. The molecule has 0 fully saturated rings. The summed E-state index contributed by atoms with van der Waals surface area (Å²) in [5.74, 6) is -0.0756. The molecule has 7 nitrogen and oxygen atoms in total. The van der Waals surface area contributed by atoms with Gasteiger partial charge in [-0.15, -0.1) is 0 Å². The molecule has 0 atom stereocenters. The summed E-state index contributed by atoms with van der Waals surface area (Å²) in [7, 11) is 1.24. The average Bonchev–Trinajstić information content (AvgIpc) is 3.25. The lowest BCUT2D eigenvalue weighted by Gasteiger charge is -2.08. The lowest BCUT2D eigenvalue weighted by Crippen LogP contribution is -2.04. The summed E-state index contributed by atoms with van der Waals surface area (Å²) in [4.78, 5) is 26.9. The highest BCUT2D eigenvalue weighted by Gasteiger charge is 2.32. The summed E-state index contributed by atoms with van der Waals surface area (Å²) in [5, 5.41) is 12.0. The van der Waals surface area contributed by atoms with Crippen molar-refractivity contribution < 1.29 is 19.2 Å². The zero-order valence-electron chi connectivity index (χ0n) is 17.3. The number of rotatable bonds is 7. The molecule has 1 aromatic heterocycles. The predicted molar refractivity (Wildman–Crippen MR) is 120 cm³/mol. The van der Waals surface area contributed by atoms with Gasteiger partial charge in [-0.3, -0.25) is 10.1 Å². The molecule has 0 saturated carbocycles. The highest BCUT2D eigenvalue weighted by molar-refractivity contribution is 6.02. The Balaban J connectivity index is 1.74. The lowest BCUT2D eigenvalue weighted by atomic mass is 10.0. The quantitative estimate of drug-likeness (QED) is 0.234. The van der Waals surface area contributed by atoms with E-state index in [0.717, 1.165) is 5.56 Å². The molecule has 0 aliphatic heterocycles. The molecule has 0 aliphatic carbocycles. The molecule has 160 valence electrons. The van der Waals surface area contributed by atoms with Crippen LogP contribution < -0.4 is 4.74 Å². The van der Waals surface area contributed by atoms with Gasteiger partial charge in [-0.1, -0.05) is 72.8 Å². The third-order valence-electron chi connectivity index (χ3n) is 5.00. The molecule has 32 heavy (non-hydrogen) atoms. The van der Waals surface area contributed by atoms with E-state index in [1.807, 2.05) is 36.4 Å². The minimum atomic E-state index is -0.685. The molecular weight excluding hydrogens is 408 g/mol. The number of ether oxygens (including phenoxy) is 2. The van der Waals surface area contributed by atoms with E-state index in [9.17, 15) is 14.9 Å². The first-order valence-electron chi connectivity index (χ1n) is 9.89. The SMILES string of the molecule is COC(=O)c1[nH]c(-c2ccccc2)c([N+](=O)[O-])c1-c1ccc(OCc2ccccc2)cc1. The van der Waals surface area contributed by atoms with Gasteiger partial charge in [0.15, 0.2) is 0 Å². The van der Waals surface area contributed by atoms with E-state index in [4.69, 9.17) is 9.47 Å². The van der Waals surface area contributed by atoms with Crippen molar-refractivity contribution in [2.45, 2.75) is 6.61 Å². The molecule has 4 aromatic rings. The zero-order chi connectivity index (χ0) is 22.5. The minimum absolute atomic E-state index is 0.0241. The summed E-state index contributed by atoms with van der Waals surface area (Å²) < 4.78 is 10.7. The fourth-order valence-corrected chi connectivity index (χ4v) is 3.48. The molecule has 0 radical (unpaired) electrons. The Bertz CT molecular complexity index is 1230. The molecular formula is C25H20N2O5. The molecule has 0 saturated heterocycles. The third kappa shape index (κ3) is 4.22. The van der Waals surface area contributed by atoms with Crippen LogP contribution in [0.25, 0.3) is 22.4 Å². The molecule has 0 spiro atoms. The van der Waals surface area contributed by atoms with Gasteiger partial charge < -0.3 is 14.5 Å². The second-order valence-corrected chi connectivity index (χ2v) is 7.01. The van der Waals surface area contributed by atoms with Crippen LogP contribution in [0, 0.1) is 10.1 Å². The topological polar surface area (TPSA) is 94.5 Å². The van der Waals surface area contributed by atoms with E-state index in [1.165, 1.54) is 7.11 Å². The van der Waals surface area contributed by atoms with Gasteiger partial charge in [-0.05, 0) is 23.3 Å². The number of carbonyl (C=O) groups excluding carboxylic acids is 1. The Labute approximate surface area is 184 Å². The third-order valence-corrected chi connectivity index (χ3v) is 5.00. The second kappa shape index (κ2) is 9.18. The Kier molecular flexibility index (Phi) is 5.98. The Morgan fingerprint density at radius 1 is 0.906 bits per heavy atom. The van der Waals surface area contributed by atoms with Crippen LogP contribution in [0.5, 0.6) is 5.75 Å². The summed E-state index contributed by atoms with van der Waals surface area (Å²) in [6.45, 7) is 0.399. The van der Waals surface area contributed by atoms with Crippen molar-refractivity contribution in [3.8, 4) is 28.1 Å². The van der Waals surface area contributed by atoms with E-state index >= 15 is 0 Å². The van der Waals surface area contributed by atoms with E-state index < -0.39 is 10.9 Å². The Morgan fingerprint density at radius 2 is 1.53 bits per heavy atom. The van der Waals surface area contributed by atoms with Crippen molar-refractivity contribution in [1.29, 1.82) is 0 Å². The van der Waals surface area contributed by atoms with Gasteiger partial charge in [-0.2, -0.15) is 0 Å². The van der Waals surface area contributed by atoms with E-state index in [1.54, 1.807) is 48.5 Å². The van der Waals surface area contributed by atoms with E-state index in [0.29, 0.717) is 23.5 Å². The highest BCUT2D eigenvalue weighted by atomic mass is 16.6. The number of nitro groups is 1. The molecule has 0 amide bonds. The molecule has 1 N–H and O–H groups in total. The molecule has 0 unspecified atom stereocenters. The number of H-pyrrole nitrogens is 1. The van der Waals surface area contributed by atoms with Crippen molar-refractivity contribution in [2.24, 2.45) is 0 Å². The molecule has 7 heteroatoms. The standard InChI is InChI=1S/C25H20N2O5/c1-31-25(28)23-21(24(27(29)30)22(26-23)19-10-6-3-7-11-19)18-12-14-20(15-13-18)32-16-17-8-4-2-5-9-17/h2-15,26H,16H2,1H3. The number of nitrogens with one attached hydrogen (secondary N) is 1. The summed E-state index contributed by atoms with van der Waals surface area (Å²) in [5.41, 5.74) is 2.38. The van der Waals surface area contributed by atoms with Gasteiger partial charge in [-0.25, -0.2) is 4.79 Å². The fraction of sp³-hybridized carbons (Fsp3) is 0.0800. The second-order valence-electron chi connectivity index (χ2n) is 7.01. The number of aromatic amines is 1. The Hall–Kier alpha value is -4.39. The van der Waals surface area contributed by atoms with Crippen molar-refractivity contribution in [2.75, 3.05) is 7.11 Å². The molecule has 3 aromatic carbocycles. The summed E-state index contributed by atoms with van der Waals surface area (Å²) in [6, 6.07) is 25.4. The van der Waals surface area contributed by atoms with Crippen molar-refractivity contribution >= 4 is 11.7 Å². The first kappa shape index (κ1) is 20.9. The zero-order valence-corrected chi connectivity index (χ0v) is 17.3. The summed E-state index contributed by atoms with van der Waals surface area (Å²) >= 11 is 0. The first-order chi connectivity index (χ1) is 15.6. The van der Waals surface area contributed by atoms with Gasteiger partial charge in [0.2, 0.25) is 0 Å². The van der Waals surface area contributed by atoms with E-state index in [-0.39, 0.29) is 22.6 Å². The smallest absolute Gasteiger partial charge is 0.355 e. The maximum absolute atomic E-state index is 12.5. The van der Waals surface area contributed by atoms with Crippen LogP contribution in [0.2, 0.25) is 0 Å². The van der Waals surface area contributed by atoms with Crippen molar-refractivity contribution in [3.05, 3.63) is 106 Å². The van der Waals surface area contributed by atoms with Crippen LogP contribution in [0.15, 0.2) is 84.9 Å². The van der Waals surface area contributed by atoms with Gasteiger partial charge in [0.05, 0.1) is 17.6 Å². The van der Waals surface area contributed by atoms with Crippen LogP contribution >= 0.6 is 0 Å². The number of hydrogen-bond donors (Lipinski definition) is 1. The summed E-state index contributed by atoms with van der Waals surface area (Å²) in [6.07, 6.45) is 0. The predicted octanol–water partition coefficient (Wildman–Crippen LogP) is 5.62. The number of hydrogen-bond acceptors (Lipinski definition) is 5. The number of methoxy groups -OCH3 is 1. The monoisotopic (exact) mass is 428 g/mol. The minimum Gasteiger partial charge on any atom is -0.489 e. The van der Waals surface area contributed by atoms with Crippen LogP contribution in [0.1, 0.15) is 16.1 Å². The first-order valence-corrected chi connectivity index (χ1v) is 9.89. The van der Waals surface area contributed by atoms with Gasteiger partial charge >= 0.3 is 11.7 Å². The number of nitrogens with zero attached hydrogens (tertiary/aromatic N) is 1. The number of esters is 1. The molecule has 4 rings (SSSR count). The van der Waals surface area contributed by atoms with E-state index in [2.05, 4.69) is 4.98 Å². The van der Waals surface area contributed by atoms with Crippen LogP contribution in [0.4, 0.5) is 5.69 Å². The van der Waals surface area contributed by atoms with Gasteiger partial charge in [0.1, 0.15) is 23.7 Å². The Morgan fingerprint density at radius 3 is 2.12 bits per heavy atom. The maximum Gasteiger partial charge on any atom is 0.355 e. The maximum atomic E-state index is 12.5. The lowest BCUT2D eigenvalue weighted by molar-refractivity contribution is -0.383. The van der Waals surface area contributed by atoms with Crippen LogP contribution in [-0.2, 0) is 11.3 Å². The fourth-order valence-electron chi connectivity index (χ4n) is 3.48. The van der Waals surface area contributed by atoms with Crippen LogP contribution in [-0.4, -0.2) is 23.0 Å². The van der Waals surface area contributed by atoms with Crippen molar-refractivity contribution in [1.82, 2.24) is 4.98 Å². The number of carbonyl (C=O) groups is 1. The van der Waals surface area contributed by atoms with Gasteiger partial charge in [0.25, 0.3) is 0 Å². The van der Waals surface area contributed by atoms with Crippen LogP contribution in [0.3, 0.4) is 0 Å².